The van der Waals surface area contributed by atoms with Crippen molar-refractivity contribution in [3.63, 3.8) is 0 Å². The number of nitrogens with one attached hydrogen (secondary N) is 1. The van der Waals surface area contributed by atoms with Gasteiger partial charge in [-0.05, 0) is 31.6 Å². The zero-order valence-corrected chi connectivity index (χ0v) is 10.5. The number of carbonyl (C=O) groups is 1. The van der Waals surface area contributed by atoms with Crippen molar-refractivity contribution in [2.75, 3.05) is 0 Å². The monoisotopic (exact) mass is 222 g/mol. The van der Waals surface area contributed by atoms with Crippen LogP contribution in [0.4, 0.5) is 0 Å². The summed E-state index contributed by atoms with van der Waals surface area (Å²) in [5, 5.41) is 12.1. The molecule has 1 fully saturated rings. The Bertz CT molecular complexity index is 287. The lowest BCUT2D eigenvalue weighted by Gasteiger charge is -2.40. The number of nitriles is 1. The maximum Gasteiger partial charge on any atom is 0.240 e. The summed E-state index contributed by atoms with van der Waals surface area (Å²) in [6.07, 6.45) is 4.44. The Kier molecular flexibility index (Phi) is 4.35. The van der Waals surface area contributed by atoms with E-state index in [1.54, 1.807) is 0 Å². The molecule has 1 N–H and O–H groups in total. The lowest BCUT2D eigenvalue weighted by Crippen LogP contribution is -2.50. The number of hydrogen-bond donors (Lipinski definition) is 1. The van der Waals surface area contributed by atoms with Crippen molar-refractivity contribution in [3.05, 3.63) is 0 Å². The van der Waals surface area contributed by atoms with Gasteiger partial charge in [0, 0.05) is 6.04 Å². The molecule has 1 amide bonds. The number of carbonyl (C=O) groups excluding carboxylic acids is 1. The molecule has 1 aliphatic rings. The lowest BCUT2D eigenvalue weighted by molar-refractivity contribution is -0.134. The predicted molar refractivity (Wildman–Crippen MR) is 63.6 cm³/mol. The molecule has 0 radical (unpaired) electrons. The highest BCUT2D eigenvalue weighted by molar-refractivity contribution is 5.86. The van der Waals surface area contributed by atoms with E-state index in [1.165, 1.54) is 0 Å². The van der Waals surface area contributed by atoms with Crippen LogP contribution in [-0.2, 0) is 4.79 Å². The predicted octanol–water partition coefficient (Wildman–Crippen LogP) is 2.62. The molecule has 0 bridgehead atoms. The fourth-order valence-corrected chi connectivity index (χ4v) is 2.51. The maximum absolute atomic E-state index is 12.0. The largest absolute Gasteiger partial charge is 0.352 e. The molecule has 0 heterocycles. The van der Waals surface area contributed by atoms with Gasteiger partial charge in [0.25, 0.3) is 0 Å². The number of hydrogen-bond acceptors (Lipinski definition) is 2. The van der Waals surface area contributed by atoms with Crippen molar-refractivity contribution in [1.82, 2.24) is 5.32 Å². The van der Waals surface area contributed by atoms with Crippen molar-refractivity contribution in [1.29, 1.82) is 5.26 Å². The summed E-state index contributed by atoms with van der Waals surface area (Å²) in [7, 11) is 0. The molecule has 16 heavy (non-hydrogen) atoms. The standard InChI is InChI=1S/C13H22N2O/c1-4-6-11(5-2)15-12(16)13(9-14)7-10(3)8-13/h10-11H,4-8H2,1-3H3,(H,15,16). The van der Waals surface area contributed by atoms with Crippen LogP contribution in [0.5, 0.6) is 0 Å². The quantitative estimate of drug-likeness (QED) is 0.777. The average Bonchev–Trinajstić information content (AvgIpc) is 2.23. The van der Waals surface area contributed by atoms with Crippen molar-refractivity contribution in [2.45, 2.75) is 58.9 Å². The van der Waals surface area contributed by atoms with Crippen molar-refractivity contribution >= 4 is 5.91 Å². The average molecular weight is 222 g/mol. The third kappa shape index (κ3) is 2.55. The van der Waals surface area contributed by atoms with Crippen LogP contribution in [-0.4, -0.2) is 11.9 Å². The molecule has 0 aromatic rings. The second kappa shape index (κ2) is 5.34. The van der Waals surface area contributed by atoms with Gasteiger partial charge in [-0.2, -0.15) is 5.26 Å². The first-order valence-electron chi connectivity index (χ1n) is 6.30. The van der Waals surface area contributed by atoms with Gasteiger partial charge in [0.15, 0.2) is 0 Å². The maximum atomic E-state index is 12.0. The van der Waals surface area contributed by atoms with E-state index >= 15 is 0 Å². The van der Waals surface area contributed by atoms with Gasteiger partial charge in [0.2, 0.25) is 5.91 Å². The molecule has 0 spiro atoms. The second-order valence-electron chi connectivity index (χ2n) is 5.07. The summed E-state index contributed by atoms with van der Waals surface area (Å²) in [5.74, 6) is 0.463. The Morgan fingerprint density at radius 2 is 2.19 bits per heavy atom. The van der Waals surface area contributed by atoms with Crippen LogP contribution in [0, 0.1) is 22.7 Å². The van der Waals surface area contributed by atoms with E-state index in [4.69, 9.17) is 5.26 Å². The van der Waals surface area contributed by atoms with Gasteiger partial charge in [-0.3, -0.25) is 4.79 Å². The molecule has 1 aliphatic carbocycles. The molecular formula is C13H22N2O. The first-order valence-corrected chi connectivity index (χ1v) is 6.30. The molecule has 3 heteroatoms. The summed E-state index contributed by atoms with van der Waals surface area (Å²) < 4.78 is 0. The summed E-state index contributed by atoms with van der Waals surface area (Å²) in [6, 6.07) is 2.44. The van der Waals surface area contributed by atoms with Crippen molar-refractivity contribution < 1.29 is 4.79 Å². The second-order valence-corrected chi connectivity index (χ2v) is 5.07. The van der Waals surface area contributed by atoms with Gasteiger partial charge in [-0.1, -0.05) is 27.2 Å². The van der Waals surface area contributed by atoms with Gasteiger partial charge in [-0.25, -0.2) is 0 Å². The molecule has 0 aromatic heterocycles. The zero-order valence-electron chi connectivity index (χ0n) is 10.5. The molecule has 1 atom stereocenters. The minimum absolute atomic E-state index is 0.0478. The van der Waals surface area contributed by atoms with Crippen LogP contribution in [0.1, 0.15) is 52.9 Å². The first kappa shape index (κ1) is 13.0. The topological polar surface area (TPSA) is 52.9 Å². The summed E-state index contributed by atoms with van der Waals surface area (Å²) in [4.78, 5) is 12.0. The van der Waals surface area contributed by atoms with Crippen LogP contribution in [0.2, 0.25) is 0 Å². The Morgan fingerprint density at radius 1 is 1.56 bits per heavy atom. The minimum atomic E-state index is -0.722. The number of amides is 1. The molecule has 1 saturated carbocycles. The molecule has 0 saturated heterocycles. The highest BCUT2D eigenvalue weighted by Gasteiger charge is 2.49. The molecule has 1 rings (SSSR count). The van der Waals surface area contributed by atoms with E-state index < -0.39 is 5.41 Å². The summed E-state index contributed by atoms with van der Waals surface area (Å²) >= 11 is 0. The molecule has 3 nitrogen and oxygen atoms in total. The van der Waals surface area contributed by atoms with E-state index in [1.807, 2.05) is 0 Å². The summed E-state index contributed by atoms with van der Waals surface area (Å²) in [5.41, 5.74) is -0.722. The van der Waals surface area contributed by atoms with Crippen molar-refractivity contribution in [2.24, 2.45) is 11.3 Å². The Balaban J connectivity index is 2.54. The highest BCUT2D eigenvalue weighted by atomic mass is 16.2. The van der Waals surface area contributed by atoms with Crippen LogP contribution >= 0.6 is 0 Å². The van der Waals surface area contributed by atoms with Crippen LogP contribution in [0.15, 0.2) is 0 Å². The first-order chi connectivity index (χ1) is 7.57. The fraction of sp³-hybridized carbons (Fsp3) is 0.846. The van der Waals surface area contributed by atoms with Gasteiger partial charge in [-0.15, -0.1) is 0 Å². The fourth-order valence-electron chi connectivity index (χ4n) is 2.51. The van der Waals surface area contributed by atoms with E-state index in [0.717, 1.165) is 32.1 Å². The SMILES string of the molecule is CCCC(CC)NC(=O)C1(C#N)CC(C)C1. The Labute approximate surface area is 98.2 Å². The van der Waals surface area contributed by atoms with Gasteiger partial charge in [0.1, 0.15) is 5.41 Å². The summed E-state index contributed by atoms with van der Waals surface area (Å²) in [6.45, 7) is 6.27. The van der Waals surface area contributed by atoms with Gasteiger partial charge in [0.05, 0.1) is 6.07 Å². The van der Waals surface area contributed by atoms with Crippen LogP contribution in [0.25, 0.3) is 0 Å². The van der Waals surface area contributed by atoms with Gasteiger partial charge >= 0.3 is 0 Å². The van der Waals surface area contributed by atoms with Crippen molar-refractivity contribution in [3.8, 4) is 6.07 Å². The highest BCUT2D eigenvalue weighted by Crippen LogP contribution is 2.45. The van der Waals surface area contributed by atoms with E-state index in [2.05, 4.69) is 32.2 Å². The molecule has 0 aliphatic heterocycles. The van der Waals surface area contributed by atoms with Gasteiger partial charge < -0.3 is 5.32 Å². The number of nitrogens with zero attached hydrogens (tertiary/aromatic N) is 1. The third-order valence-corrected chi connectivity index (χ3v) is 3.51. The zero-order chi connectivity index (χ0) is 12.2. The lowest BCUT2D eigenvalue weighted by atomic mass is 9.63. The molecule has 1 unspecified atom stereocenters. The van der Waals surface area contributed by atoms with Crippen LogP contribution < -0.4 is 5.32 Å². The van der Waals surface area contributed by atoms with E-state index in [0.29, 0.717) is 5.92 Å². The Morgan fingerprint density at radius 3 is 2.56 bits per heavy atom. The minimum Gasteiger partial charge on any atom is -0.352 e. The number of rotatable bonds is 5. The molecule has 0 aromatic carbocycles. The van der Waals surface area contributed by atoms with Crippen LogP contribution in [0.3, 0.4) is 0 Å². The smallest absolute Gasteiger partial charge is 0.240 e. The third-order valence-electron chi connectivity index (χ3n) is 3.51. The normalized spacial score (nSPS) is 30.0. The molecular weight excluding hydrogens is 200 g/mol. The Hall–Kier alpha value is -1.04. The molecule has 90 valence electrons. The van der Waals surface area contributed by atoms with E-state index in [-0.39, 0.29) is 11.9 Å². The van der Waals surface area contributed by atoms with E-state index in [9.17, 15) is 4.79 Å².